The SMILES string of the molecule is N[C@H]1Cc2c(nc3n2CCN(S(N)(=O)=O)C3)C[C@@H]1c1cc(F)c(F)cc1F. The molecule has 1 aliphatic heterocycles. The van der Waals surface area contributed by atoms with Crippen LogP contribution in [0.2, 0.25) is 0 Å². The summed E-state index contributed by atoms with van der Waals surface area (Å²) in [5, 5.41) is 5.19. The Kier molecular flexibility index (Phi) is 4.29. The van der Waals surface area contributed by atoms with Crippen LogP contribution in [-0.4, -0.2) is 34.9 Å². The molecule has 7 nitrogen and oxygen atoms in total. The van der Waals surface area contributed by atoms with Gasteiger partial charge in [0.25, 0.3) is 10.2 Å². The molecule has 0 amide bonds. The molecule has 2 aliphatic rings. The van der Waals surface area contributed by atoms with Gasteiger partial charge in [-0.2, -0.15) is 12.7 Å². The molecule has 1 aromatic heterocycles. The van der Waals surface area contributed by atoms with E-state index >= 15 is 0 Å². The standard InChI is InChI=1S/C16H18F3N5O2S/c17-10-5-12(19)11(18)3-8(10)9-4-14-15(6-13(9)20)24-2-1-23(27(21,25)26)7-16(24)22-14/h3,5,9,13H,1-2,4,6-7,20H2,(H2,21,25,26)/t9-,13+/m1/s1. The Hall–Kier alpha value is -1.95. The Balaban J connectivity index is 1.68. The zero-order valence-electron chi connectivity index (χ0n) is 14.2. The van der Waals surface area contributed by atoms with E-state index in [1.165, 1.54) is 0 Å². The highest BCUT2D eigenvalue weighted by molar-refractivity contribution is 7.86. The van der Waals surface area contributed by atoms with Gasteiger partial charge in [-0.1, -0.05) is 0 Å². The van der Waals surface area contributed by atoms with E-state index < -0.39 is 39.6 Å². The first-order valence-electron chi connectivity index (χ1n) is 8.40. The van der Waals surface area contributed by atoms with Crippen LogP contribution in [0.4, 0.5) is 13.2 Å². The van der Waals surface area contributed by atoms with Gasteiger partial charge in [0.1, 0.15) is 11.6 Å². The molecule has 27 heavy (non-hydrogen) atoms. The smallest absolute Gasteiger partial charge is 0.277 e. The second-order valence-corrected chi connectivity index (χ2v) is 8.46. The van der Waals surface area contributed by atoms with Gasteiger partial charge in [0, 0.05) is 43.2 Å². The van der Waals surface area contributed by atoms with E-state index in [1.807, 2.05) is 4.57 Å². The zero-order chi connectivity index (χ0) is 19.5. The predicted molar refractivity (Wildman–Crippen MR) is 90.2 cm³/mol. The monoisotopic (exact) mass is 401 g/mol. The quantitative estimate of drug-likeness (QED) is 0.716. The summed E-state index contributed by atoms with van der Waals surface area (Å²) in [6, 6.07) is 0.863. The minimum Gasteiger partial charge on any atom is -0.329 e. The van der Waals surface area contributed by atoms with Crippen molar-refractivity contribution >= 4 is 10.2 Å². The van der Waals surface area contributed by atoms with Crippen LogP contribution in [-0.2, 0) is 36.1 Å². The van der Waals surface area contributed by atoms with Gasteiger partial charge in [-0.3, -0.25) is 0 Å². The zero-order valence-corrected chi connectivity index (χ0v) is 15.0. The number of rotatable bonds is 2. The maximum absolute atomic E-state index is 14.2. The maximum Gasteiger partial charge on any atom is 0.277 e. The van der Waals surface area contributed by atoms with E-state index in [4.69, 9.17) is 10.9 Å². The Bertz CT molecular complexity index is 1020. The average Bonchev–Trinajstić information content (AvgIpc) is 2.93. The number of benzene rings is 1. The summed E-state index contributed by atoms with van der Waals surface area (Å²) in [6.45, 7) is 0.668. The lowest BCUT2D eigenvalue weighted by Crippen LogP contribution is -2.43. The van der Waals surface area contributed by atoms with Crippen molar-refractivity contribution in [2.24, 2.45) is 10.9 Å². The number of fused-ring (bicyclic) bond motifs is 3. The van der Waals surface area contributed by atoms with Crippen LogP contribution in [0.3, 0.4) is 0 Å². The van der Waals surface area contributed by atoms with Crippen molar-refractivity contribution in [1.29, 1.82) is 0 Å². The summed E-state index contributed by atoms with van der Waals surface area (Å²) in [5.74, 6) is -3.24. The van der Waals surface area contributed by atoms with Gasteiger partial charge < -0.3 is 10.3 Å². The van der Waals surface area contributed by atoms with Crippen LogP contribution in [0.1, 0.15) is 28.7 Å². The number of hydrogen-bond donors (Lipinski definition) is 2. The Morgan fingerprint density at radius 1 is 1.07 bits per heavy atom. The van der Waals surface area contributed by atoms with Crippen LogP contribution in [0, 0.1) is 17.5 Å². The van der Waals surface area contributed by atoms with Gasteiger partial charge in [-0.25, -0.2) is 23.3 Å². The fraction of sp³-hybridized carbons (Fsp3) is 0.438. The Labute approximate surface area is 154 Å². The molecule has 1 aromatic carbocycles. The molecule has 0 spiro atoms. The Morgan fingerprint density at radius 2 is 1.78 bits per heavy atom. The van der Waals surface area contributed by atoms with E-state index in [0.29, 0.717) is 30.6 Å². The van der Waals surface area contributed by atoms with E-state index in [2.05, 4.69) is 4.98 Å². The molecule has 0 saturated heterocycles. The molecular weight excluding hydrogens is 383 g/mol. The maximum atomic E-state index is 14.2. The molecule has 4 rings (SSSR count). The predicted octanol–water partition coefficient (Wildman–Crippen LogP) is 0.529. The van der Waals surface area contributed by atoms with Crippen LogP contribution in [0.5, 0.6) is 0 Å². The molecule has 2 atom stereocenters. The number of imidazole rings is 1. The number of nitrogens with two attached hydrogens (primary N) is 2. The third-order valence-corrected chi connectivity index (χ3v) is 6.31. The van der Waals surface area contributed by atoms with Crippen molar-refractivity contribution in [1.82, 2.24) is 13.9 Å². The van der Waals surface area contributed by atoms with Gasteiger partial charge in [0.15, 0.2) is 11.6 Å². The first kappa shape index (κ1) is 18.4. The minimum atomic E-state index is -3.82. The van der Waals surface area contributed by atoms with Crippen molar-refractivity contribution in [3.63, 3.8) is 0 Å². The van der Waals surface area contributed by atoms with E-state index in [-0.39, 0.29) is 25.1 Å². The normalized spacial score (nSPS) is 23.1. The summed E-state index contributed by atoms with van der Waals surface area (Å²) in [4.78, 5) is 4.49. The lowest BCUT2D eigenvalue weighted by atomic mass is 9.80. The second kappa shape index (κ2) is 6.30. The molecule has 146 valence electrons. The first-order chi connectivity index (χ1) is 12.6. The highest BCUT2D eigenvalue weighted by Crippen LogP contribution is 2.35. The number of aromatic nitrogens is 2. The van der Waals surface area contributed by atoms with Gasteiger partial charge >= 0.3 is 0 Å². The molecule has 0 saturated carbocycles. The van der Waals surface area contributed by atoms with Gasteiger partial charge in [-0.05, 0) is 18.1 Å². The van der Waals surface area contributed by atoms with Gasteiger partial charge in [0.05, 0.1) is 12.2 Å². The molecule has 0 unspecified atom stereocenters. The molecule has 4 N–H and O–H groups in total. The minimum absolute atomic E-state index is 0.0178. The fourth-order valence-electron chi connectivity index (χ4n) is 3.92. The summed E-state index contributed by atoms with van der Waals surface area (Å²) in [7, 11) is -3.82. The topological polar surface area (TPSA) is 107 Å². The van der Waals surface area contributed by atoms with Crippen LogP contribution in [0.25, 0.3) is 0 Å². The first-order valence-corrected chi connectivity index (χ1v) is 9.90. The van der Waals surface area contributed by atoms with Gasteiger partial charge in [0.2, 0.25) is 0 Å². The van der Waals surface area contributed by atoms with Gasteiger partial charge in [-0.15, -0.1) is 0 Å². The molecule has 0 bridgehead atoms. The van der Waals surface area contributed by atoms with Crippen molar-refractivity contribution in [3.8, 4) is 0 Å². The van der Waals surface area contributed by atoms with E-state index in [9.17, 15) is 21.6 Å². The van der Waals surface area contributed by atoms with Crippen molar-refractivity contribution in [2.75, 3.05) is 6.54 Å². The van der Waals surface area contributed by atoms with Crippen molar-refractivity contribution in [2.45, 2.75) is 37.9 Å². The van der Waals surface area contributed by atoms with Crippen molar-refractivity contribution < 1.29 is 21.6 Å². The van der Waals surface area contributed by atoms with E-state index in [1.54, 1.807) is 0 Å². The summed E-state index contributed by atoms with van der Waals surface area (Å²) in [5.41, 5.74) is 7.77. The highest BCUT2D eigenvalue weighted by atomic mass is 32.2. The molecule has 0 fully saturated rings. The molecule has 0 radical (unpaired) electrons. The lowest BCUT2D eigenvalue weighted by Gasteiger charge is -2.31. The number of halogens is 3. The van der Waals surface area contributed by atoms with Crippen molar-refractivity contribution in [3.05, 3.63) is 52.4 Å². The number of hydrogen-bond acceptors (Lipinski definition) is 4. The highest BCUT2D eigenvalue weighted by Gasteiger charge is 2.36. The third kappa shape index (κ3) is 3.14. The molecule has 11 heteroatoms. The molecular formula is C16H18F3N5O2S. The third-order valence-electron chi connectivity index (χ3n) is 5.28. The largest absolute Gasteiger partial charge is 0.329 e. The van der Waals surface area contributed by atoms with Crippen LogP contribution < -0.4 is 10.9 Å². The second-order valence-electron chi connectivity index (χ2n) is 6.92. The van der Waals surface area contributed by atoms with Crippen LogP contribution >= 0.6 is 0 Å². The van der Waals surface area contributed by atoms with Crippen LogP contribution in [0.15, 0.2) is 12.1 Å². The Morgan fingerprint density at radius 3 is 2.48 bits per heavy atom. The number of nitrogens with zero attached hydrogens (tertiary/aromatic N) is 3. The molecule has 1 aliphatic carbocycles. The molecule has 2 heterocycles. The lowest BCUT2D eigenvalue weighted by molar-refractivity contribution is 0.330. The summed E-state index contributed by atoms with van der Waals surface area (Å²) < 4.78 is 67.2. The summed E-state index contributed by atoms with van der Waals surface area (Å²) in [6.07, 6.45) is 0.634. The summed E-state index contributed by atoms with van der Waals surface area (Å²) >= 11 is 0. The molecule has 2 aromatic rings. The fourth-order valence-corrected chi connectivity index (χ4v) is 4.55. The van der Waals surface area contributed by atoms with E-state index in [0.717, 1.165) is 16.1 Å². The average molecular weight is 401 g/mol.